The van der Waals surface area contributed by atoms with E-state index in [-0.39, 0.29) is 17.9 Å². The van der Waals surface area contributed by atoms with Crippen LogP contribution in [0, 0.1) is 5.41 Å². The van der Waals surface area contributed by atoms with Gasteiger partial charge in [0, 0.05) is 23.9 Å². The van der Waals surface area contributed by atoms with Gasteiger partial charge in [-0.2, -0.15) is 0 Å². The molecule has 1 aromatic rings. The molecule has 0 unspecified atom stereocenters. The summed E-state index contributed by atoms with van der Waals surface area (Å²) >= 11 is 5.84. The predicted molar refractivity (Wildman–Crippen MR) is 71.6 cm³/mol. The lowest BCUT2D eigenvalue weighted by Gasteiger charge is -2.15. The quantitative estimate of drug-likeness (QED) is 0.713. The summed E-state index contributed by atoms with van der Waals surface area (Å²) in [7, 11) is 0. The normalized spacial score (nSPS) is 16.3. The maximum absolute atomic E-state index is 12.0. The molecule has 1 saturated carbocycles. The van der Waals surface area contributed by atoms with Crippen LogP contribution in [0.1, 0.15) is 29.6 Å². The fourth-order valence-corrected chi connectivity index (χ4v) is 2.19. The van der Waals surface area contributed by atoms with Gasteiger partial charge in [-0.1, -0.05) is 11.6 Å². The molecule has 0 heterocycles. The van der Waals surface area contributed by atoms with Crippen LogP contribution in [0.3, 0.4) is 0 Å². The lowest BCUT2D eigenvalue weighted by Crippen LogP contribution is -2.31. The van der Waals surface area contributed by atoms with Crippen LogP contribution in [0.2, 0.25) is 5.02 Å². The number of hydrogen-bond donors (Lipinski definition) is 3. The van der Waals surface area contributed by atoms with Gasteiger partial charge in [-0.05, 0) is 42.9 Å². The van der Waals surface area contributed by atoms with Crippen LogP contribution in [0.5, 0.6) is 0 Å². The number of rotatable bonds is 5. The number of nitrogens with two attached hydrogens (primary N) is 1. The summed E-state index contributed by atoms with van der Waals surface area (Å²) in [6.07, 6.45) is 2.84. The van der Waals surface area contributed by atoms with Crippen molar-refractivity contribution in [2.75, 3.05) is 18.9 Å². The van der Waals surface area contributed by atoms with Crippen molar-refractivity contribution in [2.45, 2.75) is 19.3 Å². The van der Waals surface area contributed by atoms with Crippen molar-refractivity contribution < 1.29 is 9.90 Å². The molecule has 1 aromatic carbocycles. The Morgan fingerprint density at radius 1 is 1.50 bits per heavy atom. The molecule has 0 bridgehead atoms. The Hall–Kier alpha value is -1.26. The minimum Gasteiger partial charge on any atom is -0.398 e. The number of halogens is 1. The summed E-state index contributed by atoms with van der Waals surface area (Å²) in [5.74, 6) is -0.209. The number of aliphatic hydroxyl groups is 1. The fourth-order valence-electron chi connectivity index (χ4n) is 2.02. The molecule has 0 aromatic heterocycles. The first-order chi connectivity index (χ1) is 8.56. The fraction of sp³-hybridized carbons (Fsp3) is 0.462. The maximum Gasteiger partial charge on any atom is 0.253 e. The van der Waals surface area contributed by atoms with Crippen molar-refractivity contribution in [2.24, 2.45) is 5.41 Å². The zero-order chi connectivity index (χ0) is 13.2. The molecular formula is C13H17ClN2O2. The summed E-state index contributed by atoms with van der Waals surface area (Å²) in [6.45, 7) is 0.744. The Kier molecular flexibility index (Phi) is 3.78. The van der Waals surface area contributed by atoms with Gasteiger partial charge in [-0.3, -0.25) is 4.79 Å². The maximum atomic E-state index is 12.0. The molecule has 0 aliphatic heterocycles. The molecule has 0 radical (unpaired) electrons. The highest BCUT2D eigenvalue weighted by Crippen LogP contribution is 2.47. The van der Waals surface area contributed by atoms with Crippen LogP contribution >= 0.6 is 11.6 Å². The van der Waals surface area contributed by atoms with Crippen molar-refractivity contribution in [1.82, 2.24) is 5.32 Å². The number of nitrogen functional groups attached to an aromatic ring is 1. The Morgan fingerprint density at radius 3 is 2.83 bits per heavy atom. The monoisotopic (exact) mass is 268 g/mol. The van der Waals surface area contributed by atoms with Crippen LogP contribution in [0.4, 0.5) is 5.69 Å². The first kappa shape index (κ1) is 13.2. The predicted octanol–water partition coefficient (Wildman–Crippen LogP) is 1.81. The number of anilines is 1. The first-order valence-corrected chi connectivity index (χ1v) is 6.38. The number of amides is 1. The molecule has 5 heteroatoms. The molecule has 1 aliphatic carbocycles. The van der Waals surface area contributed by atoms with E-state index in [0.717, 1.165) is 19.3 Å². The molecule has 18 heavy (non-hydrogen) atoms. The SMILES string of the molecule is Nc1ccc(Cl)cc1C(=O)NCC1(CCO)CC1. The van der Waals surface area contributed by atoms with Crippen LogP contribution < -0.4 is 11.1 Å². The van der Waals surface area contributed by atoms with Gasteiger partial charge in [0.25, 0.3) is 5.91 Å². The number of aliphatic hydroxyl groups excluding tert-OH is 1. The van der Waals surface area contributed by atoms with E-state index in [1.54, 1.807) is 18.2 Å². The number of benzene rings is 1. The number of nitrogens with one attached hydrogen (secondary N) is 1. The lowest BCUT2D eigenvalue weighted by atomic mass is 10.0. The molecule has 98 valence electrons. The summed E-state index contributed by atoms with van der Waals surface area (Å²) in [5, 5.41) is 12.3. The standard InChI is InChI=1S/C13H17ClN2O2/c14-9-1-2-11(15)10(7-9)12(18)16-8-13(3-4-13)5-6-17/h1-2,7,17H,3-6,8,15H2,(H,16,18). The highest BCUT2D eigenvalue weighted by Gasteiger charge is 2.41. The van der Waals surface area contributed by atoms with Gasteiger partial charge in [0.15, 0.2) is 0 Å². The summed E-state index contributed by atoms with van der Waals surface area (Å²) < 4.78 is 0. The number of hydrogen-bond acceptors (Lipinski definition) is 3. The average molecular weight is 269 g/mol. The number of carbonyl (C=O) groups excluding carboxylic acids is 1. The van der Waals surface area contributed by atoms with E-state index < -0.39 is 0 Å². The molecule has 0 saturated heterocycles. The Labute approximate surface area is 111 Å². The van der Waals surface area contributed by atoms with Gasteiger partial charge < -0.3 is 16.2 Å². The Bertz CT molecular complexity index is 458. The van der Waals surface area contributed by atoms with Gasteiger partial charge >= 0.3 is 0 Å². The molecule has 0 atom stereocenters. The second-order valence-electron chi connectivity index (χ2n) is 4.89. The Morgan fingerprint density at radius 2 is 2.22 bits per heavy atom. The molecule has 1 fully saturated rings. The molecule has 1 amide bonds. The second kappa shape index (κ2) is 5.16. The van der Waals surface area contributed by atoms with Crippen molar-refractivity contribution in [3.05, 3.63) is 28.8 Å². The number of carbonyl (C=O) groups is 1. The second-order valence-corrected chi connectivity index (χ2v) is 5.32. The van der Waals surface area contributed by atoms with Crippen molar-refractivity contribution in [3.8, 4) is 0 Å². The molecular weight excluding hydrogens is 252 g/mol. The Balaban J connectivity index is 1.98. The van der Waals surface area contributed by atoms with E-state index in [1.807, 2.05) is 0 Å². The zero-order valence-electron chi connectivity index (χ0n) is 10.1. The average Bonchev–Trinajstić information content (AvgIpc) is 3.10. The molecule has 2 rings (SSSR count). The van der Waals surface area contributed by atoms with Crippen LogP contribution in [0.15, 0.2) is 18.2 Å². The van der Waals surface area contributed by atoms with Gasteiger partial charge in [-0.15, -0.1) is 0 Å². The van der Waals surface area contributed by atoms with Gasteiger partial charge in [0.1, 0.15) is 0 Å². The van der Waals surface area contributed by atoms with Gasteiger partial charge in [0.2, 0.25) is 0 Å². The van der Waals surface area contributed by atoms with E-state index in [9.17, 15) is 4.79 Å². The van der Waals surface area contributed by atoms with E-state index in [2.05, 4.69) is 5.32 Å². The zero-order valence-corrected chi connectivity index (χ0v) is 10.8. The van der Waals surface area contributed by atoms with E-state index in [4.69, 9.17) is 22.4 Å². The lowest BCUT2D eigenvalue weighted by molar-refractivity contribution is 0.0941. The molecule has 1 aliphatic rings. The van der Waals surface area contributed by atoms with Crippen LogP contribution in [0.25, 0.3) is 0 Å². The third-order valence-electron chi connectivity index (χ3n) is 3.48. The van der Waals surface area contributed by atoms with Gasteiger partial charge in [-0.25, -0.2) is 0 Å². The molecule has 4 nitrogen and oxygen atoms in total. The van der Waals surface area contributed by atoms with E-state index in [0.29, 0.717) is 22.8 Å². The van der Waals surface area contributed by atoms with E-state index in [1.165, 1.54) is 0 Å². The van der Waals surface area contributed by atoms with Crippen molar-refractivity contribution in [1.29, 1.82) is 0 Å². The van der Waals surface area contributed by atoms with E-state index >= 15 is 0 Å². The highest BCUT2D eigenvalue weighted by atomic mass is 35.5. The van der Waals surface area contributed by atoms with Crippen molar-refractivity contribution in [3.63, 3.8) is 0 Å². The molecule has 4 N–H and O–H groups in total. The first-order valence-electron chi connectivity index (χ1n) is 6.00. The minimum absolute atomic E-state index is 0.0950. The summed E-state index contributed by atoms with van der Waals surface area (Å²) in [6, 6.07) is 4.84. The molecule has 0 spiro atoms. The largest absolute Gasteiger partial charge is 0.398 e. The topological polar surface area (TPSA) is 75.4 Å². The van der Waals surface area contributed by atoms with Crippen LogP contribution in [-0.4, -0.2) is 24.2 Å². The van der Waals surface area contributed by atoms with Gasteiger partial charge in [0.05, 0.1) is 5.56 Å². The highest BCUT2D eigenvalue weighted by molar-refractivity contribution is 6.31. The summed E-state index contributed by atoms with van der Waals surface area (Å²) in [4.78, 5) is 12.0. The van der Waals surface area contributed by atoms with Crippen molar-refractivity contribution >= 4 is 23.2 Å². The summed E-state index contributed by atoms with van der Waals surface area (Å²) in [5.41, 5.74) is 6.66. The minimum atomic E-state index is -0.209. The van der Waals surface area contributed by atoms with Crippen LogP contribution in [-0.2, 0) is 0 Å². The third kappa shape index (κ3) is 2.94. The third-order valence-corrected chi connectivity index (χ3v) is 3.72. The smallest absolute Gasteiger partial charge is 0.253 e.